The van der Waals surface area contributed by atoms with E-state index in [0.29, 0.717) is 0 Å². The normalized spacial score (nSPS) is 19.1. The Morgan fingerprint density at radius 3 is 2.73 bits per heavy atom. The second-order valence-electron chi connectivity index (χ2n) is 4.28. The summed E-state index contributed by atoms with van der Waals surface area (Å²) in [5, 5.41) is 0. The van der Waals surface area contributed by atoms with Crippen LogP contribution in [0.25, 0.3) is 0 Å². The number of pyridine rings is 1. The van der Waals surface area contributed by atoms with Crippen LogP contribution in [0, 0.1) is 5.92 Å². The van der Waals surface area contributed by atoms with Gasteiger partial charge in [0.15, 0.2) is 0 Å². The zero-order chi connectivity index (χ0) is 11.3. The first-order valence-corrected chi connectivity index (χ1v) is 6.23. The van der Waals surface area contributed by atoms with Crippen LogP contribution in [0.2, 0.25) is 0 Å². The second kappa shape index (κ2) is 5.89. The smallest absolute Gasteiger partial charge is 0.0438 e. The summed E-state index contributed by atoms with van der Waals surface area (Å²) >= 11 is 0. The fraction of sp³-hybridized carbons (Fsp3) is 0.643. The fourth-order valence-corrected chi connectivity index (χ4v) is 2.33. The SMILES string of the molecule is CC.CC(C)C1CCCc2ncccc21. The van der Waals surface area contributed by atoms with Gasteiger partial charge in [0.1, 0.15) is 0 Å². The molecular weight excluding hydrogens is 182 g/mol. The third-order valence-corrected chi connectivity index (χ3v) is 3.06. The van der Waals surface area contributed by atoms with Gasteiger partial charge in [-0.1, -0.05) is 33.8 Å². The summed E-state index contributed by atoms with van der Waals surface area (Å²) in [6.45, 7) is 8.62. The van der Waals surface area contributed by atoms with Crippen molar-refractivity contribution in [3.63, 3.8) is 0 Å². The van der Waals surface area contributed by atoms with Crippen molar-refractivity contribution in [2.24, 2.45) is 5.92 Å². The van der Waals surface area contributed by atoms with Gasteiger partial charge in [-0.25, -0.2) is 0 Å². The number of nitrogens with zero attached hydrogens (tertiary/aromatic N) is 1. The summed E-state index contributed by atoms with van der Waals surface area (Å²) in [6, 6.07) is 4.33. The minimum absolute atomic E-state index is 0.748. The largest absolute Gasteiger partial charge is 0.261 e. The number of aryl methyl sites for hydroxylation is 1. The molecule has 0 saturated heterocycles. The predicted octanol–water partition coefficient (Wildman–Crippen LogP) is 4.18. The monoisotopic (exact) mass is 205 g/mol. The minimum atomic E-state index is 0.748. The highest BCUT2D eigenvalue weighted by atomic mass is 14.7. The highest BCUT2D eigenvalue weighted by Crippen LogP contribution is 2.35. The van der Waals surface area contributed by atoms with Crippen LogP contribution >= 0.6 is 0 Å². The molecule has 1 aromatic rings. The summed E-state index contributed by atoms with van der Waals surface area (Å²) in [5.74, 6) is 1.50. The molecule has 1 aromatic heterocycles. The molecule has 84 valence electrons. The Bertz CT molecular complexity index is 291. The Labute approximate surface area is 93.9 Å². The molecule has 1 aliphatic rings. The third-order valence-electron chi connectivity index (χ3n) is 3.06. The molecule has 1 atom stereocenters. The van der Waals surface area contributed by atoms with Gasteiger partial charge in [-0.05, 0) is 42.7 Å². The van der Waals surface area contributed by atoms with Gasteiger partial charge < -0.3 is 0 Å². The van der Waals surface area contributed by atoms with Crippen molar-refractivity contribution in [3.8, 4) is 0 Å². The van der Waals surface area contributed by atoms with E-state index in [9.17, 15) is 0 Å². The van der Waals surface area contributed by atoms with Crippen molar-refractivity contribution in [2.75, 3.05) is 0 Å². The summed E-state index contributed by atoms with van der Waals surface area (Å²) in [5.41, 5.74) is 2.84. The summed E-state index contributed by atoms with van der Waals surface area (Å²) in [6.07, 6.45) is 5.75. The lowest BCUT2D eigenvalue weighted by atomic mass is 9.79. The molecule has 1 unspecified atom stereocenters. The lowest BCUT2D eigenvalue weighted by Gasteiger charge is -2.27. The van der Waals surface area contributed by atoms with Crippen LogP contribution in [-0.4, -0.2) is 4.98 Å². The molecule has 0 bridgehead atoms. The van der Waals surface area contributed by atoms with Crippen molar-refractivity contribution >= 4 is 0 Å². The van der Waals surface area contributed by atoms with Gasteiger partial charge in [-0.3, -0.25) is 4.98 Å². The molecule has 1 heterocycles. The number of fused-ring (bicyclic) bond motifs is 1. The highest BCUT2D eigenvalue weighted by Gasteiger charge is 2.22. The van der Waals surface area contributed by atoms with Crippen molar-refractivity contribution in [1.82, 2.24) is 4.98 Å². The zero-order valence-corrected chi connectivity index (χ0v) is 10.5. The standard InChI is InChI=1S/C12H17N.C2H6/c1-9(2)10-5-3-7-12-11(10)6-4-8-13-12;1-2/h4,6,8-10H,3,5,7H2,1-2H3;1-2H3. The quantitative estimate of drug-likeness (QED) is 0.670. The van der Waals surface area contributed by atoms with Gasteiger partial charge in [0.25, 0.3) is 0 Å². The van der Waals surface area contributed by atoms with Gasteiger partial charge in [0.05, 0.1) is 0 Å². The Balaban J connectivity index is 0.000000531. The number of aromatic nitrogens is 1. The Kier molecular flexibility index (Phi) is 4.80. The topological polar surface area (TPSA) is 12.9 Å². The van der Waals surface area contributed by atoms with E-state index in [2.05, 4.69) is 31.0 Å². The summed E-state index contributed by atoms with van der Waals surface area (Å²) in [4.78, 5) is 4.45. The van der Waals surface area contributed by atoms with Crippen molar-refractivity contribution in [2.45, 2.75) is 52.9 Å². The molecule has 0 fully saturated rings. The predicted molar refractivity (Wildman–Crippen MR) is 66.1 cm³/mol. The Morgan fingerprint density at radius 2 is 2.07 bits per heavy atom. The van der Waals surface area contributed by atoms with E-state index < -0.39 is 0 Å². The van der Waals surface area contributed by atoms with Crippen LogP contribution in [0.3, 0.4) is 0 Å². The van der Waals surface area contributed by atoms with Crippen LogP contribution in [-0.2, 0) is 6.42 Å². The van der Waals surface area contributed by atoms with Gasteiger partial charge in [0, 0.05) is 11.9 Å². The number of hydrogen-bond donors (Lipinski definition) is 0. The van der Waals surface area contributed by atoms with E-state index in [1.807, 2.05) is 20.0 Å². The molecule has 0 amide bonds. The third kappa shape index (κ3) is 2.80. The van der Waals surface area contributed by atoms with E-state index >= 15 is 0 Å². The molecule has 0 aromatic carbocycles. The molecule has 0 aliphatic heterocycles. The lowest BCUT2D eigenvalue weighted by molar-refractivity contribution is 0.429. The van der Waals surface area contributed by atoms with Crippen LogP contribution in [0.15, 0.2) is 18.3 Å². The Morgan fingerprint density at radius 1 is 1.33 bits per heavy atom. The van der Waals surface area contributed by atoms with Crippen molar-refractivity contribution < 1.29 is 0 Å². The zero-order valence-electron chi connectivity index (χ0n) is 10.5. The first kappa shape index (κ1) is 12.2. The van der Waals surface area contributed by atoms with Crippen molar-refractivity contribution in [1.29, 1.82) is 0 Å². The average molecular weight is 205 g/mol. The van der Waals surface area contributed by atoms with Gasteiger partial charge in [0.2, 0.25) is 0 Å². The molecular formula is C14H23N. The summed E-state index contributed by atoms with van der Waals surface area (Å²) < 4.78 is 0. The molecule has 0 saturated carbocycles. The van der Waals surface area contributed by atoms with E-state index in [1.54, 1.807) is 0 Å². The number of rotatable bonds is 1. The van der Waals surface area contributed by atoms with E-state index in [1.165, 1.54) is 30.5 Å². The summed E-state index contributed by atoms with van der Waals surface area (Å²) in [7, 11) is 0. The number of hydrogen-bond acceptors (Lipinski definition) is 1. The molecule has 1 heteroatoms. The average Bonchev–Trinajstić information content (AvgIpc) is 2.31. The first-order valence-electron chi connectivity index (χ1n) is 6.23. The molecule has 1 nitrogen and oxygen atoms in total. The molecule has 0 spiro atoms. The second-order valence-corrected chi connectivity index (χ2v) is 4.28. The molecule has 0 N–H and O–H groups in total. The molecule has 1 aliphatic carbocycles. The van der Waals surface area contributed by atoms with E-state index in [0.717, 1.165) is 11.8 Å². The van der Waals surface area contributed by atoms with Crippen LogP contribution in [0.5, 0.6) is 0 Å². The van der Waals surface area contributed by atoms with Crippen LogP contribution in [0.4, 0.5) is 0 Å². The van der Waals surface area contributed by atoms with E-state index in [-0.39, 0.29) is 0 Å². The van der Waals surface area contributed by atoms with Gasteiger partial charge in [-0.2, -0.15) is 0 Å². The molecule has 2 rings (SSSR count). The first-order chi connectivity index (χ1) is 7.29. The van der Waals surface area contributed by atoms with Crippen LogP contribution < -0.4 is 0 Å². The van der Waals surface area contributed by atoms with Crippen molar-refractivity contribution in [3.05, 3.63) is 29.6 Å². The van der Waals surface area contributed by atoms with Gasteiger partial charge >= 0.3 is 0 Å². The maximum Gasteiger partial charge on any atom is 0.0438 e. The van der Waals surface area contributed by atoms with Gasteiger partial charge in [-0.15, -0.1) is 0 Å². The minimum Gasteiger partial charge on any atom is -0.261 e. The maximum atomic E-state index is 4.45. The Hall–Kier alpha value is -0.850. The maximum absolute atomic E-state index is 4.45. The molecule has 0 radical (unpaired) electrons. The highest BCUT2D eigenvalue weighted by molar-refractivity contribution is 5.27. The molecule has 15 heavy (non-hydrogen) atoms. The van der Waals surface area contributed by atoms with E-state index in [4.69, 9.17) is 0 Å². The fourth-order valence-electron chi connectivity index (χ4n) is 2.33. The lowest BCUT2D eigenvalue weighted by Crippen LogP contribution is -2.15. The van der Waals surface area contributed by atoms with Crippen LogP contribution in [0.1, 0.15) is 57.7 Å².